The summed E-state index contributed by atoms with van der Waals surface area (Å²) in [4.78, 5) is 14.4. The van der Waals surface area contributed by atoms with Crippen molar-refractivity contribution in [3.8, 4) is 11.5 Å². The minimum atomic E-state index is 0.595. The van der Waals surface area contributed by atoms with E-state index in [9.17, 15) is 0 Å². The van der Waals surface area contributed by atoms with Gasteiger partial charge >= 0.3 is 0 Å². The first-order chi connectivity index (χ1) is 14.8. The van der Waals surface area contributed by atoms with Crippen molar-refractivity contribution in [1.29, 1.82) is 0 Å². The highest BCUT2D eigenvalue weighted by Crippen LogP contribution is 2.38. The molecule has 2 heterocycles. The van der Waals surface area contributed by atoms with Crippen LogP contribution in [0.25, 0.3) is 11.2 Å². The third-order valence-corrected chi connectivity index (χ3v) is 5.60. The summed E-state index contributed by atoms with van der Waals surface area (Å²) in [6.45, 7) is 5.94. The van der Waals surface area contributed by atoms with Gasteiger partial charge in [0.1, 0.15) is 23.3 Å². The van der Waals surface area contributed by atoms with E-state index in [1.54, 1.807) is 24.3 Å². The summed E-state index contributed by atoms with van der Waals surface area (Å²) in [6.07, 6.45) is 4.21. The van der Waals surface area contributed by atoms with Crippen LogP contribution >= 0.6 is 11.8 Å². The second-order valence-corrected chi connectivity index (χ2v) is 7.60. The van der Waals surface area contributed by atoms with Gasteiger partial charge in [-0.1, -0.05) is 30.3 Å². The van der Waals surface area contributed by atoms with E-state index in [1.807, 2.05) is 38.1 Å². The number of aromatic nitrogens is 4. The van der Waals surface area contributed by atoms with Gasteiger partial charge in [0.05, 0.1) is 24.3 Å². The molecule has 30 heavy (non-hydrogen) atoms. The predicted octanol–water partition coefficient (Wildman–Crippen LogP) is 5.02. The SMILES string of the molecule is CCOc1ccc(OCC)c(Sc2nc3cncnc3n2CCc2ccccc2)c1. The third kappa shape index (κ3) is 4.57. The molecular weight excluding hydrogens is 396 g/mol. The normalized spacial score (nSPS) is 11.0. The molecule has 0 aliphatic heterocycles. The van der Waals surface area contributed by atoms with Crippen LogP contribution in [-0.4, -0.2) is 32.7 Å². The fourth-order valence-electron chi connectivity index (χ4n) is 3.22. The van der Waals surface area contributed by atoms with E-state index in [0.29, 0.717) is 13.2 Å². The Hall–Kier alpha value is -3.06. The maximum atomic E-state index is 5.84. The van der Waals surface area contributed by atoms with Gasteiger partial charge in [-0.05, 0) is 55.8 Å². The largest absolute Gasteiger partial charge is 0.494 e. The Morgan fingerprint density at radius 2 is 1.83 bits per heavy atom. The average Bonchev–Trinajstić information content (AvgIpc) is 3.12. The van der Waals surface area contributed by atoms with Crippen molar-refractivity contribution in [2.75, 3.05) is 13.2 Å². The first-order valence-corrected chi connectivity index (χ1v) is 10.9. The first-order valence-electron chi connectivity index (χ1n) is 10.1. The highest BCUT2D eigenvalue weighted by molar-refractivity contribution is 7.99. The van der Waals surface area contributed by atoms with Crippen LogP contribution in [0.1, 0.15) is 19.4 Å². The molecule has 0 fully saturated rings. The van der Waals surface area contributed by atoms with E-state index in [1.165, 1.54) is 5.56 Å². The van der Waals surface area contributed by atoms with Crippen LogP contribution in [0.4, 0.5) is 0 Å². The van der Waals surface area contributed by atoms with Gasteiger partial charge in [0.25, 0.3) is 0 Å². The molecule has 0 unspecified atom stereocenters. The fourth-order valence-corrected chi connectivity index (χ4v) is 4.25. The fraction of sp³-hybridized carbons (Fsp3) is 0.261. The van der Waals surface area contributed by atoms with Crippen LogP contribution in [0.5, 0.6) is 11.5 Å². The molecule has 0 saturated heterocycles. The van der Waals surface area contributed by atoms with Gasteiger partial charge in [0.15, 0.2) is 10.8 Å². The van der Waals surface area contributed by atoms with E-state index >= 15 is 0 Å². The molecule has 2 aromatic carbocycles. The van der Waals surface area contributed by atoms with Gasteiger partial charge in [-0.15, -0.1) is 0 Å². The molecule has 2 aromatic heterocycles. The minimum absolute atomic E-state index is 0.595. The molecule has 0 bridgehead atoms. The van der Waals surface area contributed by atoms with Gasteiger partial charge in [-0.25, -0.2) is 15.0 Å². The van der Waals surface area contributed by atoms with Crippen LogP contribution in [-0.2, 0) is 13.0 Å². The molecule has 6 nitrogen and oxygen atoms in total. The molecule has 0 radical (unpaired) electrons. The summed E-state index contributed by atoms with van der Waals surface area (Å²) >= 11 is 1.56. The van der Waals surface area contributed by atoms with Gasteiger partial charge in [-0.3, -0.25) is 0 Å². The van der Waals surface area contributed by atoms with Gasteiger partial charge in [0, 0.05) is 6.54 Å². The topological polar surface area (TPSA) is 62.1 Å². The smallest absolute Gasteiger partial charge is 0.175 e. The van der Waals surface area contributed by atoms with Crippen LogP contribution in [0, 0.1) is 0 Å². The number of hydrogen-bond donors (Lipinski definition) is 0. The second-order valence-electron chi connectivity index (χ2n) is 6.59. The van der Waals surface area contributed by atoms with Gasteiger partial charge in [-0.2, -0.15) is 0 Å². The molecule has 0 aliphatic rings. The van der Waals surface area contributed by atoms with Crippen molar-refractivity contribution in [2.24, 2.45) is 0 Å². The summed E-state index contributed by atoms with van der Waals surface area (Å²) in [6, 6.07) is 16.3. The van der Waals surface area contributed by atoms with Crippen LogP contribution in [0.15, 0.2) is 71.1 Å². The molecule has 0 atom stereocenters. The maximum absolute atomic E-state index is 5.84. The van der Waals surface area contributed by atoms with E-state index in [4.69, 9.17) is 14.5 Å². The Labute approximate surface area is 180 Å². The lowest BCUT2D eigenvalue weighted by atomic mass is 10.1. The van der Waals surface area contributed by atoms with Crippen molar-refractivity contribution in [3.63, 3.8) is 0 Å². The summed E-state index contributed by atoms with van der Waals surface area (Å²) < 4.78 is 13.7. The number of benzene rings is 2. The number of hydrogen-bond acceptors (Lipinski definition) is 6. The quantitative estimate of drug-likeness (QED) is 0.379. The first kappa shape index (κ1) is 20.2. The van der Waals surface area contributed by atoms with Crippen LogP contribution < -0.4 is 9.47 Å². The van der Waals surface area contributed by atoms with Crippen molar-refractivity contribution in [1.82, 2.24) is 19.5 Å². The van der Waals surface area contributed by atoms with Crippen LogP contribution in [0.3, 0.4) is 0 Å². The molecule has 0 saturated carbocycles. The standard InChI is InChI=1S/C23H24N4O2S/c1-3-28-18-10-11-20(29-4-2)21(14-18)30-23-26-19-15-24-16-25-22(19)27(23)13-12-17-8-6-5-7-9-17/h5-11,14-16H,3-4,12-13H2,1-2H3. The lowest BCUT2D eigenvalue weighted by molar-refractivity contribution is 0.323. The van der Waals surface area contributed by atoms with E-state index in [-0.39, 0.29) is 0 Å². The molecule has 4 aromatic rings. The molecule has 7 heteroatoms. The summed E-state index contributed by atoms with van der Waals surface area (Å²) in [7, 11) is 0. The van der Waals surface area contributed by atoms with E-state index in [0.717, 1.165) is 45.7 Å². The summed E-state index contributed by atoms with van der Waals surface area (Å²) in [5.41, 5.74) is 2.90. The predicted molar refractivity (Wildman–Crippen MR) is 118 cm³/mol. The Kier molecular flexibility index (Phi) is 6.49. The van der Waals surface area contributed by atoms with Crippen molar-refractivity contribution in [2.45, 2.75) is 36.9 Å². The highest BCUT2D eigenvalue weighted by Gasteiger charge is 2.16. The van der Waals surface area contributed by atoms with Gasteiger partial charge < -0.3 is 14.0 Å². The number of nitrogens with zero attached hydrogens (tertiary/aromatic N) is 4. The lowest BCUT2D eigenvalue weighted by Crippen LogP contribution is -2.04. The molecule has 0 spiro atoms. The van der Waals surface area contributed by atoms with Crippen LogP contribution in [0.2, 0.25) is 0 Å². The third-order valence-electron chi connectivity index (χ3n) is 4.57. The summed E-state index contributed by atoms with van der Waals surface area (Å²) in [5.74, 6) is 1.63. The number of imidazole rings is 1. The Morgan fingerprint density at radius 1 is 1.00 bits per heavy atom. The Bertz CT molecular complexity index is 1110. The van der Waals surface area contributed by atoms with E-state index < -0.39 is 0 Å². The van der Waals surface area contributed by atoms with E-state index in [2.05, 4.69) is 38.8 Å². The molecular formula is C23H24N4O2S. The summed E-state index contributed by atoms with van der Waals surface area (Å²) in [5, 5.41) is 0.857. The molecule has 0 aliphatic carbocycles. The lowest BCUT2D eigenvalue weighted by Gasteiger charge is -2.13. The maximum Gasteiger partial charge on any atom is 0.175 e. The zero-order valence-electron chi connectivity index (χ0n) is 17.1. The molecule has 0 N–H and O–H groups in total. The number of aryl methyl sites for hydroxylation is 2. The van der Waals surface area contributed by atoms with Crippen molar-refractivity contribution in [3.05, 3.63) is 66.6 Å². The monoisotopic (exact) mass is 420 g/mol. The second kappa shape index (κ2) is 9.63. The average molecular weight is 421 g/mol. The highest BCUT2D eigenvalue weighted by atomic mass is 32.2. The molecule has 154 valence electrons. The minimum Gasteiger partial charge on any atom is -0.494 e. The van der Waals surface area contributed by atoms with Crippen molar-refractivity contribution >= 4 is 22.9 Å². The van der Waals surface area contributed by atoms with Crippen molar-refractivity contribution < 1.29 is 9.47 Å². The zero-order chi connectivity index (χ0) is 20.8. The Balaban J connectivity index is 1.69. The molecule has 4 rings (SSSR count). The molecule has 0 amide bonds. The van der Waals surface area contributed by atoms with Gasteiger partial charge in [0.2, 0.25) is 0 Å². The number of rotatable bonds is 9. The Morgan fingerprint density at radius 3 is 2.63 bits per heavy atom. The number of ether oxygens (including phenoxy) is 2. The zero-order valence-corrected chi connectivity index (χ0v) is 17.9. The number of fused-ring (bicyclic) bond motifs is 1.